The van der Waals surface area contributed by atoms with Crippen LogP contribution in [-0.4, -0.2) is 25.5 Å². The standard InChI is InChI=1S/C17H16Cl2N2O3/c1-24-17(23)11-5-6-14(19)15(9-11)20-8-7-16(22)21-13-4-2-3-12(18)10-13/h2-6,9-10,20H,7-8H2,1H3,(H,21,22). The lowest BCUT2D eigenvalue weighted by molar-refractivity contribution is -0.115. The Morgan fingerprint density at radius 1 is 1.12 bits per heavy atom. The second-order valence-electron chi connectivity index (χ2n) is 4.92. The maximum atomic E-state index is 11.9. The highest BCUT2D eigenvalue weighted by Gasteiger charge is 2.09. The van der Waals surface area contributed by atoms with Gasteiger partial charge in [-0.1, -0.05) is 29.3 Å². The van der Waals surface area contributed by atoms with Crippen LogP contribution in [0.3, 0.4) is 0 Å². The van der Waals surface area contributed by atoms with E-state index in [2.05, 4.69) is 15.4 Å². The number of methoxy groups -OCH3 is 1. The number of carbonyl (C=O) groups is 2. The topological polar surface area (TPSA) is 67.4 Å². The molecule has 0 aromatic heterocycles. The third kappa shape index (κ3) is 5.15. The SMILES string of the molecule is COC(=O)c1ccc(Cl)c(NCCC(=O)Nc2cccc(Cl)c2)c1. The van der Waals surface area contributed by atoms with Crippen LogP contribution in [0.4, 0.5) is 11.4 Å². The fourth-order valence-corrected chi connectivity index (χ4v) is 2.38. The molecule has 7 heteroatoms. The lowest BCUT2D eigenvalue weighted by Crippen LogP contribution is -2.16. The van der Waals surface area contributed by atoms with Gasteiger partial charge in [0, 0.05) is 23.7 Å². The van der Waals surface area contributed by atoms with E-state index in [9.17, 15) is 9.59 Å². The first-order valence-corrected chi connectivity index (χ1v) is 7.92. The molecule has 2 aromatic carbocycles. The summed E-state index contributed by atoms with van der Waals surface area (Å²) in [7, 11) is 1.31. The molecule has 0 saturated carbocycles. The van der Waals surface area contributed by atoms with Crippen LogP contribution < -0.4 is 10.6 Å². The van der Waals surface area contributed by atoms with Gasteiger partial charge in [-0.05, 0) is 36.4 Å². The predicted molar refractivity (Wildman–Crippen MR) is 96.0 cm³/mol. The van der Waals surface area contributed by atoms with Gasteiger partial charge in [-0.3, -0.25) is 4.79 Å². The molecule has 0 aliphatic rings. The number of nitrogens with one attached hydrogen (secondary N) is 2. The number of hydrogen-bond donors (Lipinski definition) is 2. The second-order valence-corrected chi connectivity index (χ2v) is 5.77. The molecule has 0 spiro atoms. The van der Waals surface area contributed by atoms with Crippen molar-refractivity contribution in [2.75, 3.05) is 24.3 Å². The van der Waals surface area contributed by atoms with Crippen molar-refractivity contribution >= 4 is 46.5 Å². The molecule has 1 amide bonds. The van der Waals surface area contributed by atoms with Crippen molar-refractivity contribution in [2.24, 2.45) is 0 Å². The average molecular weight is 367 g/mol. The summed E-state index contributed by atoms with van der Waals surface area (Å²) in [5.74, 6) is -0.613. The van der Waals surface area contributed by atoms with Gasteiger partial charge in [0.2, 0.25) is 5.91 Å². The summed E-state index contributed by atoms with van der Waals surface area (Å²) in [5.41, 5.74) is 1.58. The highest BCUT2D eigenvalue weighted by molar-refractivity contribution is 6.33. The lowest BCUT2D eigenvalue weighted by atomic mass is 10.2. The van der Waals surface area contributed by atoms with E-state index < -0.39 is 5.97 Å². The van der Waals surface area contributed by atoms with Crippen molar-refractivity contribution in [3.63, 3.8) is 0 Å². The molecule has 126 valence electrons. The van der Waals surface area contributed by atoms with Crippen LogP contribution in [0, 0.1) is 0 Å². The second kappa shape index (κ2) is 8.57. The number of rotatable bonds is 6. The number of halogens is 2. The molecule has 0 heterocycles. The van der Waals surface area contributed by atoms with Crippen molar-refractivity contribution in [3.05, 3.63) is 58.1 Å². The van der Waals surface area contributed by atoms with Crippen LogP contribution in [0.15, 0.2) is 42.5 Å². The number of esters is 1. The van der Waals surface area contributed by atoms with Crippen LogP contribution in [0.25, 0.3) is 0 Å². The molecule has 2 N–H and O–H groups in total. The van der Waals surface area contributed by atoms with E-state index in [0.29, 0.717) is 33.5 Å². The van der Waals surface area contributed by atoms with E-state index in [0.717, 1.165) is 0 Å². The van der Waals surface area contributed by atoms with E-state index in [-0.39, 0.29) is 12.3 Å². The van der Waals surface area contributed by atoms with Gasteiger partial charge in [-0.2, -0.15) is 0 Å². The predicted octanol–water partition coefficient (Wildman–Crippen LogP) is 4.22. The summed E-state index contributed by atoms with van der Waals surface area (Å²) in [6.45, 7) is 0.358. The molecule has 0 radical (unpaired) electrons. The summed E-state index contributed by atoms with van der Waals surface area (Å²) in [5, 5.41) is 6.80. The molecule has 0 unspecified atom stereocenters. The number of amides is 1. The van der Waals surface area contributed by atoms with Crippen LogP contribution in [0.2, 0.25) is 10.0 Å². The van der Waals surface area contributed by atoms with Gasteiger partial charge < -0.3 is 15.4 Å². The van der Waals surface area contributed by atoms with Gasteiger partial charge >= 0.3 is 5.97 Å². The molecule has 0 aliphatic carbocycles. The summed E-state index contributed by atoms with van der Waals surface area (Å²) in [6, 6.07) is 11.7. The van der Waals surface area contributed by atoms with Gasteiger partial charge in [-0.15, -0.1) is 0 Å². The van der Waals surface area contributed by atoms with Crippen molar-refractivity contribution in [3.8, 4) is 0 Å². The van der Waals surface area contributed by atoms with E-state index >= 15 is 0 Å². The average Bonchev–Trinajstić information content (AvgIpc) is 2.56. The first kappa shape index (κ1) is 18.1. The number of anilines is 2. The lowest BCUT2D eigenvalue weighted by Gasteiger charge is -2.10. The first-order chi connectivity index (χ1) is 11.5. The minimum absolute atomic E-state index is 0.162. The smallest absolute Gasteiger partial charge is 0.337 e. The maximum Gasteiger partial charge on any atom is 0.337 e. The fraction of sp³-hybridized carbons (Fsp3) is 0.176. The number of ether oxygens (including phenoxy) is 1. The summed E-state index contributed by atoms with van der Waals surface area (Å²) in [6.07, 6.45) is 0.227. The monoisotopic (exact) mass is 366 g/mol. The van der Waals surface area contributed by atoms with Gasteiger partial charge in [0.15, 0.2) is 0 Å². The van der Waals surface area contributed by atoms with Crippen LogP contribution in [0.5, 0.6) is 0 Å². The third-order valence-corrected chi connectivity index (χ3v) is 3.73. The Balaban J connectivity index is 1.89. The quantitative estimate of drug-likeness (QED) is 0.751. The Hall–Kier alpha value is -2.24. The molecule has 2 rings (SSSR count). The van der Waals surface area contributed by atoms with Crippen molar-refractivity contribution < 1.29 is 14.3 Å². The highest BCUT2D eigenvalue weighted by Crippen LogP contribution is 2.23. The molecule has 0 bridgehead atoms. The molecule has 2 aromatic rings. The third-order valence-electron chi connectivity index (χ3n) is 3.16. The molecular weight excluding hydrogens is 351 g/mol. The molecular formula is C17H16Cl2N2O3. The van der Waals surface area contributed by atoms with Crippen molar-refractivity contribution in [2.45, 2.75) is 6.42 Å². The van der Waals surface area contributed by atoms with Crippen molar-refractivity contribution in [1.82, 2.24) is 0 Å². The normalized spacial score (nSPS) is 10.1. The minimum Gasteiger partial charge on any atom is -0.465 e. The molecule has 24 heavy (non-hydrogen) atoms. The maximum absolute atomic E-state index is 11.9. The molecule has 0 saturated heterocycles. The summed E-state index contributed by atoms with van der Waals surface area (Å²) >= 11 is 11.9. The van der Waals surface area contributed by atoms with E-state index in [1.54, 1.807) is 42.5 Å². The Bertz CT molecular complexity index is 750. The van der Waals surface area contributed by atoms with E-state index in [1.807, 2.05) is 0 Å². The van der Waals surface area contributed by atoms with Gasteiger partial charge in [0.05, 0.1) is 23.4 Å². The van der Waals surface area contributed by atoms with E-state index in [4.69, 9.17) is 23.2 Å². The first-order valence-electron chi connectivity index (χ1n) is 7.17. The number of carbonyl (C=O) groups excluding carboxylic acids is 2. The zero-order valence-corrected chi connectivity index (χ0v) is 14.4. The highest BCUT2D eigenvalue weighted by atomic mass is 35.5. The Morgan fingerprint density at radius 2 is 1.92 bits per heavy atom. The van der Waals surface area contributed by atoms with Gasteiger partial charge in [0.1, 0.15) is 0 Å². The van der Waals surface area contributed by atoms with Gasteiger partial charge in [-0.25, -0.2) is 4.79 Å². The number of hydrogen-bond acceptors (Lipinski definition) is 4. The minimum atomic E-state index is -0.451. The Labute approximate surface area is 149 Å². The van der Waals surface area contributed by atoms with Crippen molar-refractivity contribution in [1.29, 1.82) is 0 Å². The zero-order chi connectivity index (χ0) is 17.5. The summed E-state index contributed by atoms with van der Waals surface area (Å²) in [4.78, 5) is 23.4. The largest absolute Gasteiger partial charge is 0.465 e. The zero-order valence-electron chi connectivity index (χ0n) is 12.9. The molecule has 0 fully saturated rings. The molecule has 5 nitrogen and oxygen atoms in total. The Kier molecular flexibility index (Phi) is 6.46. The molecule has 0 aliphatic heterocycles. The summed E-state index contributed by atoms with van der Waals surface area (Å²) < 4.78 is 4.67. The number of benzene rings is 2. The van der Waals surface area contributed by atoms with Crippen LogP contribution >= 0.6 is 23.2 Å². The van der Waals surface area contributed by atoms with Crippen LogP contribution in [0.1, 0.15) is 16.8 Å². The van der Waals surface area contributed by atoms with E-state index in [1.165, 1.54) is 7.11 Å². The Morgan fingerprint density at radius 3 is 2.62 bits per heavy atom. The van der Waals surface area contributed by atoms with Gasteiger partial charge in [0.25, 0.3) is 0 Å². The van der Waals surface area contributed by atoms with Crippen LogP contribution in [-0.2, 0) is 9.53 Å². The molecule has 0 atom stereocenters. The fourth-order valence-electron chi connectivity index (χ4n) is 2.01.